The van der Waals surface area contributed by atoms with E-state index in [1.165, 1.54) is 4.90 Å². The number of nitrogens with zero attached hydrogens (tertiary/aromatic N) is 2. The van der Waals surface area contributed by atoms with E-state index in [0.717, 1.165) is 12.0 Å². The van der Waals surface area contributed by atoms with Crippen LogP contribution in [0.2, 0.25) is 0 Å². The number of carbonyl (C=O) groups is 2. The van der Waals surface area contributed by atoms with Crippen LogP contribution >= 0.6 is 12.4 Å². The molecule has 0 aliphatic carbocycles. The Labute approximate surface area is 165 Å². The van der Waals surface area contributed by atoms with Gasteiger partial charge in [0.05, 0.1) is 0 Å². The first-order chi connectivity index (χ1) is 12.3. The highest BCUT2D eigenvalue weighted by Crippen LogP contribution is 2.50. The van der Waals surface area contributed by atoms with Crippen LogP contribution in [0.3, 0.4) is 0 Å². The fourth-order valence-corrected chi connectivity index (χ4v) is 4.70. The molecule has 0 radical (unpaired) electrons. The van der Waals surface area contributed by atoms with Crippen LogP contribution in [0.4, 0.5) is 0 Å². The van der Waals surface area contributed by atoms with E-state index >= 15 is 0 Å². The Morgan fingerprint density at radius 1 is 1.22 bits per heavy atom. The minimum absolute atomic E-state index is 0. The zero-order valence-corrected chi connectivity index (χ0v) is 16.7. The van der Waals surface area contributed by atoms with Gasteiger partial charge >= 0.3 is 0 Å². The van der Waals surface area contributed by atoms with Crippen LogP contribution in [0.5, 0.6) is 0 Å². The van der Waals surface area contributed by atoms with E-state index < -0.39 is 23.6 Å². The van der Waals surface area contributed by atoms with Crippen molar-refractivity contribution in [2.45, 2.75) is 63.6 Å². The van der Waals surface area contributed by atoms with Crippen LogP contribution in [0.25, 0.3) is 0 Å². The van der Waals surface area contributed by atoms with Gasteiger partial charge in [0.2, 0.25) is 5.91 Å². The average Bonchev–Trinajstić information content (AvgIpc) is 3.13. The maximum atomic E-state index is 13.3. The van der Waals surface area contributed by atoms with Gasteiger partial charge in [-0.2, -0.15) is 0 Å². The fraction of sp³-hybridized carbons (Fsp3) is 0.600. The average molecular weight is 395 g/mol. The Hall–Kier alpha value is -1.63. The van der Waals surface area contributed by atoms with Gasteiger partial charge in [-0.15, -0.1) is 12.4 Å². The highest BCUT2D eigenvalue weighted by atomic mass is 35.5. The minimum Gasteiger partial charge on any atom is -0.347 e. The molecule has 1 N–H and O–H groups in total. The molecule has 3 aliphatic rings. The van der Waals surface area contributed by atoms with Crippen LogP contribution in [-0.2, 0) is 20.7 Å². The Bertz CT molecular complexity index is 743. The third kappa shape index (κ3) is 2.69. The van der Waals surface area contributed by atoms with Gasteiger partial charge in [-0.25, -0.2) is 0 Å². The second-order valence-corrected chi connectivity index (χ2v) is 8.17. The number of fused-ring (bicyclic) bond motifs is 3. The summed E-state index contributed by atoms with van der Waals surface area (Å²) in [5, 5.41) is 11.6. The van der Waals surface area contributed by atoms with Gasteiger partial charge in [-0.3, -0.25) is 14.5 Å². The smallest absolute Gasteiger partial charge is 0.277 e. The molecule has 148 valence electrons. The molecule has 2 amide bonds. The monoisotopic (exact) mass is 394 g/mol. The zero-order chi connectivity index (χ0) is 18.7. The highest BCUT2D eigenvalue weighted by Gasteiger charge is 2.71. The van der Waals surface area contributed by atoms with Crippen LogP contribution in [0.15, 0.2) is 30.3 Å². The number of benzene rings is 1. The number of ether oxygens (including phenoxy) is 1. The molecule has 3 saturated heterocycles. The van der Waals surface area contributed by atoms with Crippen LogP contribution in [0, 0.1) is 5.92 Å². The van der Waals surface area contributed by atoms with Crippen molar-refractivity contribution >= 4 is 24.2 Å². The quantitative estimate of drug-likeness (QED) is 0.850. The first-order valence-corrected chi connectivity index (χ1v) is 9.38. The van der Waals surface area contributed by atoms with Gasteiger partial charge in [0.25, 0.3) is 11.8 Å². The fourth-order valence-electron chi connectivity index (χ4n) is 4.70. The molecular weight excluding hydrogens is 368 g/mol. The number of amides is 2. The summed E-state index contributed by atoms with van der Waals surface area (Å²) in [5.74, 6) is -2.24. The summed E-state index contributed by atoms with van der Waals surface area (Å²) < 4.78 is 6.00. The lowest BCUT2D eigenvalue weighted by atomic mass is 9.86. The minimum atomic E-state index is -1.77. The summed E-state index contributed by atoms with van der Waals surface area (Å²) in [7, 11) is 0. The largest absolute Gasteiger partial charge is 0.347 e. The van der Waals surface area contributed by atoms with E-state index in [0.29, 0.717) is 19.4 Å². The second-order valence-electron chi connectivity index (χ2n) is 8.17. The van der Waals surface area contributed by atoms with Gasteiger partial charge in [-0.1, -0.05) is 44.2 Å². The standard InChI is InChI=1S/C20H26N2O4.ClH/c1-13(2)16-18(24)22-15(12-14-8-5-4-6-9-14)17(23)21-11-7-10-19(21,3)20(22,25)26-16;/h4-6,8-9,13,15-16,25H,7,10-12H2,1-3H3;1H. The zero-order valence-electron chi connectivity index (χ0n) is 15.9. The van der Waals surface area contributed by atoms with E-state index in [1.54, 1.807) is 4.90 Å². The lowest BCUT2D eigenvalue weighted by Gasteiger charge is -2.55. The number of piperazine rings is 1. The SMILES string of the molecule is CC(C)C1OC2(O)N(C1=O)C(Cc1ccccc1)C(=O)N1CCCC12C.Cl. The molecule has 7 heteroatoms. The van der Waals surface area contributed by atoms with Crippen molar-refractivity contribution < 1.29 is 19.4 Å². The third-order valence-electron chi connectivity index (χ3n) is 6.18. The summed E-state index contributed by atoms with van der Waals surface area (Å²) in [6.07, 6.45) is 1.04. The first kappa shape index (κ1) is 20.1. The second kappa shape index (κ2) is 6.76. The van der Waals surface area contributed by atoms with E-state index in [1.807, 2.05) is 51.1 Å². The van der Waals surface area contributed by atoms with Crippen molar-refractivity contribution in [3.8, 4) is 0 Å². The van der Waals surface area contributed by atoms with E-state index in [2.05, 4.69) is 0 Å². The van der Waals surface area contributed by atoms with Crippen molar-refractivity contribution in [1.82, 2.24) is 9.80 Å². The third-order valence-corrected chi connectivity index (χ3v) is 6.18. The molecule has 4 rings (SSSR count). The summed E-state index contributed by atoms with van der Waals surface area (Å²) >= 11 is 0. The summed E-state index contributed by atoms with van der Waals surface area (Å²) in [5.41, 5.74) is 0.0492. The van der Waals surface area contributed by atoms with Gasteiger partial charge in [0.1, 0.15) is 17.7 Å². The van der Waals surface area contributed by atoms with E-state index in [9.17, 15) is 14.7 Å². The topological polar surface area (TPSA) is 70.1 Å². The lowest BCUT2D eigenvalue weighted by Crippen LogP contribution is -2.76. The number of carbonyl (C=O) groups excluding carboxylic acids is 2. The highest BCUT2D eigenvalue weighted by molar-refractivity contribution is 5.93. The lowest BCUT2D eigenvalue weighted by molar-refractivity contribution is -0.330. The Morgan fingerprint density at radius 2 is 1.89 bits per heavy atom. The van der Waals surface area contributed by atoms with Gasteiger partial charge in [0, 0.05) is 13.0 Å². The molecule has 0 bridgehead atoms. The molecule has 3 heterocycles. The molecule has 3 fully saturated rings. The number of hydrogen-bond donors (Lipinski definition) is 1. The van der Waals surface area contributed by atoms with Crippen LogP contribution in [0.1, 0.15) is 39.2 Å². The molecule has 1 aromatic carbocycles. The van der Waals surface area contributed by atoms with Crippen molar-refractivity contribution in [3.05, 3.63) is 35.9 Å². The first-order valence-electron chi connectivity index (χ1n) is 9.38. The van der Waals surface area contributed by atoms with Gasteiger partial charge < -0.3 is 14.7 Å². The maximum Gasteiger partial charge on any atom is 0.277 e. The molecule has 4 atom stereocenters. The molecule has 4 unspecified atom stereocenters. The van der Waals surface area contributed by atoms with Gasteiger partial charge in [0.15, 0.2) is 0 Å². The molecule has 0 saturated carbocycles. The molecule has 27 heavy (non-hydrogen) atoms. The number of rotatable bonds is 3. The normalized spacial score (nSPS) is 35.3. The number of hydrogen-bond acceptors (Lipinski definition) is 4. The number of aliphatic hydroxyl groups is 1. The predicted octanol–water partition coefficient (Wildman–Crippen LogP) is 1.94. The van der Waals surface area contributed by atoms with E-state index in [-0.39, 0.29) is 30.1 Å². The number of halogens is 1. The Balaban J connectivity index is 0.00000210. The van der Waals surface area contributed by atoms with Gasteiger partial charge in [-0.05, 0) is 31.2 Å². The predicted molar refractivity (Wildman–Crippen MR) is 102 cm³/mol. The van der Waals surface area contributed by atoms with Crippen LogP contribution in [-0.4, -0.2) is 56.9 Å². The molecule has 6 nitrogen and oxygen atoms in total. The summed E-state index contributed by atoms with van der Waals surface area (Å²) in [6, 6.07) is 8.86. The van der Waals surface area contributed by atoms with Crippen LogP contribution < -0.4 is 0 Å². The molecular formula is C20H27ClN2O4. The molecule has 1 aromatic rings. The van der Waals surface area contributed by atoms with Crippen molar-refractivity contribution in [3.63, 3.8) is 0 Å². The summed E-state index contributed by atoms with van der Waals surface area (Å²) in [4.78, 5) is 29.5. The molecule has 3 aliphatic heterocycles. The summed E-state index contributed by atoms with van der Waals surface area (Å²) in [6.45, 7) is 6.21. The molecule has 0 aromatic heterocycles. The maximum absolute atomic E-state index is 13.3. The van der Waals surface area contributed by atoms with E-state index in [4.69, 9.17) is 4.74 Å². The molecule has 0 spiro atoms. The van der Waals surface area contributed by atoms with Crippen molar-refractivity contribution in [1.29, 1.82) is 0 Å². The van der Waals surface area contributed by atoms with Crippen molar-refractivity contribution in [2.24, 2.45) is 5.92 Å². The Morgan fingerprint density at radius 3 is 2.52 bits per heavy atom. The van der Waals surface area contributed by atoms with Crippen molar-refractivity contribution in [2.75, 3.05) is 6.54 Å². The Kier molecular flexibility index (Phi) is 5.04.